The second-order valence-electron chi connectivity index (χ2n) is 3.95. The van der Waals surface area contributed by atoms with Gasteiger partial charge in [0.2, 0.25) is 0 Å². The van der Waals surface area contributed by atoms with E-state index in [0.29, 0.717) is 6.42 Å². The van der Waals surface area contributed by atoms with Gasteiger partial charge in [-0.2, -0.15) is 13.2 Å². The minimum atomic E-state index is -4.41. The van der Waals surface area contributed by atoms with E-state index in [1.54, 1.807) is 0 Å². The van der Waals surface area contributed by atoms with Gasteiger partial charge in [-0.3, -0.25) is 0 Å². The van der Waals surface area contributed by atoms with Crippen molar-refractivity contribution in [2.24, 2.45) is 0 Å². The summed E-state index contributed by atoms with van der Waals surface area (Å²) in [4.78, 5) is 0. The number of halogens is 4. The number of benzene rings is 1. The summed E-state index contributed by atoms with van der Waals surface area (Å²) in [6.07, 6.45) is -3.21. The lowest BCUT2D eigenvalue weighted by molar-refractivity contribution is -0.137. The minimum absolute atomic E-state index is 0.109. The highest BCUT2D eigenvalue weighted by Crippen LogP contribution is 2.30. The predicted molar refractivity (Wildman–Crippen MR) is 51.5 cm³/mol. The van der Waals surface area contributed by atoms with E-state index in [4.69, 9.17) is 0 Å². The third-order valence-electron chi connectivity index (χ3n) is 2.77. The van der Waals surface area contributed by atoms with Crippen LogP contribution in [0.25, 0.3) is 0 Å². The van der Waals surface area contributed by atoms with Gasteiger partial charge in [-0.05, 0) is 43.1 Å². The summed E-state index contributed by atoms with van der Waals surface area (Å²) in [6, 6.07) is 2.66. The van der Waals surface area contributed by atoms with Crippen LogP contribution in [0.4, 0.5) is 17.6 Å². The van der Waals surface area contributed by atoms with Crippen LogP contribution in [0.15, 0.2) is 18.2 Å². The number of hydrogen-bond donors (Lipinski definition) is 1. The molecule has 0 aromatic heterocycles. The first-order valence-corrected chi connectivity index (χ1v) is 5.06. The lowest BCUT2D eigenvalue weighted by Gasteiger charge is -2.27. The zero-order valence-corrected chi connectivity index (χ0v) is 8.44. The van der Waals surface area contributed by atoms with Gasteiger partial charge in [0.1, 0.15) is 5.82 Å². The van der Waals surface area contributed by atoms with Crippen molar-refractivity contribution >= 4 is 0 Å². The lowest BCUT2D eigenvalue weighted by atomic mass is 9.96. The third kappa shape index (κ3) is 2.35. The van der Waals surface area contributed by atoms with Gasteiger partial charge in [0, 0.05) is 6.04 Å². The van der Waals surface area contributed by atoms with Crippen molar-refractivity contribution in [1.82, 2.24) is 5.32 Å². The van der Waals surface area contributed by atoms with Crippen LogP contribution >= 0.6 is 0 Å². The van der Waals surface area contributed by atoms with Crippen LogP contribution in [0.2, 0.25) is 0 Å². The maximum atomic E-state index is 13.3. The molecule has 1 aliphatic heterocycles. The Labute approximate surface area is 90.5 Å². The molecule has 1 atom stereocenters. The normalized spacial score (nSPS) is 20.6. The fourth-order valence-electron chi connectivity index (χ4n) is 1.70. The van der Waals surface area contributed by atoms with Crippen LogP contribution in [0.5, 0.6) is 0 Å². The molecule has 0 amide bonds. The van der Waals surface area contributed by atoms with E-state index in [2.05, 4.69) is 5.32 Å². The van der Waals surface area contributed by atoms with Crippen LogP contribution in [0, 0.1) is 5.82 Å². The Morgan fingerprint density at radius 2 is 2.00 bits per heavy atom. The fourth-order valence-corrected chi connectivity index (χ4v) is 1.70. The topological polar surface area (TPSA) is 12.0 Å². The average Bonchev–Trinajstić information content (AvgIpc) is 2.11. The summed E-state index contributed by atoms with van der Waals surface area (Å²) in [5.74, 6) is -0.568. The quantitative estimate of drug-likeness (QED) is 0.774. The molecular weight excluding hydrogens is 222 g/mol. The van der Waals surface area contributed by atoms with Crippen LogP contribution in [0.1, 0.15) is 17.5 Å². The van der Waals surface area contributed by atoms with Crippen molar-refractivity contribution in [3.8, 4) is 0 Å². The molecule has 1 aromatic carbocycles. The van der Waals surface area contributed by atoms with Gasteiger partial charge >= 0.3 is 6.18 Å². The highest BCUT2D eigenvalue weighted by Gasteiger charge is 2.31. The summed E-state index contributed by atoms with van der Waals surface area (Å²) >= 11 is 0. The molecule has 1 aliphatic rings. The molecule has 0 bridgehead atoms. The Balaban J connectivity index is 2.21. The minimum Gasteiger partial charge on any atom is -0.314 e. The van der Waals surface area contributed by atoms with E-state index in [0.717, 1.165) is 31.2 Å². The molecule has 88 valence electrons. The highest BCUT2D eigenvalue weighted by atomic mass is 19.4. The summed E-state index contributed by atoms with van der Waals surface area (Å²) in [5.41, 5.74) is -0.657. The molecule has 0 radical (unpaired) electrons. The van der Waals surface area contributed by atoms with E-state index in [-0.39, 0.29) is 11.6 Å². The summed E-state index contributed by atoms with van der Waals surface area (Å²) in [6.45, 7) is 0.852. The fraction of sp³-hybridized carbons (Fsp3) is 0.455. The standard InChI is InChI=1S/C11H11F4N/c12-10-2-1-8(11(13,14)15)5-7(10)6-9-3-4-16-9/h1-2,5,9,16H,3-4,6H2. The molecule has 1 unspecified atom stereocenters. The van der Waals surface area contributed by atoms with Crippen molar-refractivity contribution in [3.05, 3.63) is 35.1 Å². The van der Waals surface area contributed by atoms with Crippen LogP contribution in [-0.4, -0.2) is 12.6 Å². The molecule has 1 N–H and O–H groups in total. The van der Waals surface area contributed by atoms with Gasteiger partial charge in [-0.15, -0.1) is 0 Å². The van der Waals surface area contributed by atoms with Gasteiger partial charge in [-0.25, -0.2) is 4.39 Å². The molecule has 0 spiro atoms. The smallest absolute Gasteiger partial charge is 0.314 e. The lowest BCUT2D eigenvalue weighted by Crippen LogP contribution is -2.44. The van der Waals surface area contributed by atoms with Crippen molar-refractivity contribution in [2.75, 3.05) is 6.54 Å². The van der Waals surface area contributed by atoms with Gasteiger partial charge in [-0.1, -0.05) is 0 Å². The van der Waals surface area contributed by atoms with Gasteiger partial charge in [0.15, 0.2) is 0 Å². The van der Waals surface area contributed by atoms with Crippen molar-refractivity contribution in [3.63, 3.8) is 0 Å². The number of rotatable bonds is 2. The van der Waals surface area contributed by atoms with Gasteiger partial charge in [0.25, 0.3) is 0 Å². The molecule has 1 nitrogen and oxygen atoms in total. The molecule has 5 heteroatoms. The zero-order valence-electron chi connectivity index (χ0n) is 8.44. The Bertz CT molecular complexity index is 382. The Kier molecular flexibility index (Phi) is 2.88. The maximum absolute atomic E-state index is 13.3. The predicted octanol–water partition coefficient (Wildman–Crippen LogP) is 2.75. The van der Waals surface area contributed by atoms with E-state index in [9.17, 15) is 17.6 Å². The number of alkyl halides is 3. The maximum Gasteiger partial charge on any atom is 0.416 e. The first-order valence-electron chi connectivity index (χ1n) is 5.06. The van der Waals surface area contributed by atoms with Crippen LogP contribution in [-0.2, 0) is 12.6 Å². The first-order chi connectivity index (χ1) is 7.47. The van der Waals surface area contributed by atoms with Gasteiger partial charge in [0.05, 0.1) is 5.56 Å². The Hall–Kier alpha value is -1.10. The SMILES string of the molecule is Fc1ccc(C(F)(F)F)cc1CC1CCN1. The monoisotopic (exact) mass is 233 g/mol. The first kappa shape index (κ1) is 11.4. The molecule has 1 aromatic rings. The van der Waals surface area contributed by atoms with E-state index >= 15 is 0 Å². The average molecular weight is 233 g/mol. The summed E-state index contributed by atoms with van der Waals surface area (Å²) in [7, 11) is 0. The third-order valence-corrected chi connectivity index (χ3v) is 2.77. The van der Waals surface area contributed by atoms with Crippen molar-refractivity contribution < 1.29 is 17.6 Å². The van der Waals surface area contributed by atoms with Crippen LogP contribution in [0.3, 0.4) is 0 Å². The second kappa shape index (κ2) is 4.05. The summed E-state index contributed by atoms with van der Waals surface area (Å²) in [5, 5.41) is 3.03. The number of nitrogens with one attached hydrogen (secondary N) is 1. The second-order valence-corrected chi connectivity index (χ2v) is 3.95. The van der Waals surface area contributed by atoms with Crippen molar-refractivity contribution in [1.29, 1.82) is 0 Å². The van der Waals surface area contributed by atoms with Gasteiger partial charge < -0.3 is 5.32 Å². The molecule has 16 heavy (non-hydrogen) atoms. The van der Waals surface area contributed by atoms with E-state index in [1.165, 1.54) is 0 Å². The summed E-state index contributed by atoms with van der Waals surface area (Å²) < 4.78 is 50.5. The molecule has 1 heterocycles. The molecule has 0 saturated carbocycles. The van der Waals surface area contributed by atoms with E-state index < -0.39 is 17.6 Å². The molecule has 1 fully saturated rings. The molecule has 2 rings (SSSR count). The Morgan fingerprint density at radius 3 is 2.50 bits per heavy atom. The Morgan fingerprint density at radius 1 is 1.31 bits per heavy atom. The highest BCUT2D eigenvalue weighted by molar-refractivity contribution is 5.28. The number of hydrogen-bond acceptors (Lipinski definition) is 1. The molecule has 0 aliphatic carbocycles. The largest absolute Gasteiger partial charge is 0.416 e. The van der Waals surface area contributed by atoms with Crippen LogP contribution < -0.4 is 5.32 Å². The molecular formula is C11H11F4N. The molecule has 1 saturated heterocycles. The van der Waals surface area contributed by atoms with Crippen molar-refractivity contribution in [2.45, 2.75) is 25.1 Å². The zero-order chi connectivity index (χ0) is 11.8. The van der Waals surface area contributed by atoms with E-state index in [1.807, 2.05) is 0 Å².